The zero-order chi connectivity index (χ0) is 8.77. The molecule has 3 saturated heterocycles. The Hall–Kier alpha value is -0.0800. The Kier molecular flexibility index (Phi) is 1.92. The van der Waals surface area contributed by atoms with Gasteiger partial charge in [-0.15, -0.1) is 0 Å². The molecule has 0 aromatic heterocycles. The van der Waals surface area contributed by atoms with Gasteiger partial charge in [-0.25, -0.2) is 0 Å². The van der Waals surface area contributed by atoms with E-state index in [1.54, 1.807) is 0 Å². The van der Waals surface area contributed by atoms with Crippen molar-refractivity contribution in [2.24, 2.45) is 0 Å². The summed E-state index contributed by atoms with van der Waals surface area (Å²) in [6.45, 7) is 9.01. The molecule has 3 heterocycles. The molecule has 0 spiro atoms. The Labute approximate surface area is 74.9 Å². The molecule has 2 nitrogen and oxygen atoms in total. The van der Waals surface area contributed by atoms with Crippen LogP contribution in [0, 0.1) is 0 Å². The topological polar surface area (TPSA) is 12.5 Å². The first kappa shape index (κ1) is 8.52. The van der Waals surface area contributed by atoms with E-state index in [1.807, 2.05) is 0 Å². The normalized spacial score (nSPS) is 37.2. The second-order valence-corrected chi connectivity index (χ2v) is 5.01. The van der Waals surface area contributed by atoms with E-state index in [0.717, 1.165) is 13.2 Å². The van der Waals surface area contributed by atoms with E-state index in [1.165, 1.54) is 12.8 Å². The molecule has 0 unspecified atom stereocenters. The van der Waals surface area contributed by atoms with Gasteiger partial charge in [-0.2, -0.15) is 0 Å². The predicted octanol–water partition coefficient (Wildman–Crippen LogP) is 1.65. The average Bonchev–Trinajstić information content (AvgIpc) is 2.05. The molecule has 70 valence electrons. The Morgan fingerprint density at radius 2 is 2.00 bits per heavy atom. The van der Waals surface area contributed by atoms with E-state index in [0.29, 0.717) is 17.7 Å². The number of fused-ring (bicyclic) bond motifs is 3. The van der Waals surface area contributed by atoms with E-state index in [2.05, 4.69) is 25.7 Å². The highest BCUT2D eigenvalue weighted by Gasteiger charge is 2.39. The van der Waals surface area contributed by atoms with Gasteiger partial charge in [0.2, 0.25) is 0 Å². The minimum absolute atomic E-state index is 0.327. The van der Waals surface area contributed by atoms with Gasteiger partial charge in [0.05, 0.1) is 12.7 Å². The highest BCUT2D eigenvalue weighted by molar-refractivity contribution is 4.92. The van der Waals surface area contributed by atoms with Crippen LogP contribution in [-0.4, -0.2) is 35.7 Å². The molecule has 3 aliphatic rings. The molecule has 0 aromatic rings. The molecule has 0 aliphatic carbocycles. The van der Waals surface area contributed by atoms with Crippen LogP contribution in [0.4, 0.5) is 0 Å². The fourth-order valence-electron chi connectivity index (χ4n) is 2.37. The Morgan fingerprint density at radius 1 is 1.25 bits per heavy atom. The van der Waals surface area contributed by atoms with Gasteiger partial charge >= 0.3 is 0 Å². The average molecular weight is 169 g/mol. The smallest absolute Gasteiger partial charge is 0.0703 e. The lowest BCUT2D eigenvalue weighted by molar-refractivity contribution is -0.133. The SMILES string of the molecule is CC(C)(C)N1C[C@@H]2CC[C@H]1CO2. The van der Waals surface area contributed by atoms with Crippen LogP contribution in [0.3, 0.4) is 0 Å². The molecule has 0 aromatic carbocycles. The lowest BCUT2D eigenvalue weighted by Crippen LogP contribution is -2.60. The summed E-state index contributed by atoms with van der Waals surface area (Å²) >= 11 is 0. The van der Waals surface area contributed by atoms with Gasteiger partial charge < -0.3 is 4.74 Å². The summed E-state index contributed by atoms with van der Waals surface area (Å²) in [6, 6.07) is 0.690. The minimum atomic E-state index is 0.327. The molecule has 2 heteroatoms. The van der Waals surface area contributed by atoms with E-state index in [4.69, 9.17) is 4.74 Å². The van der Waals surface area contributed by atoms with Crippen LogP contribution in [0.1, 0.15) is 33.6 Å². The van der Waals surface area contributed by atoms with Crippen molar-refractivity contribution in [2.45, 2.75) is 51.3 Å². The van der Waals surface area contributed by atoms with Crippen LogP contribution in [0.25, 0.3) is 0 Å². The number of morpholine rings is 1. The summed E-state index contributed by atoms with van der Waals surface area (Å²) in [4.78, 5) is 2.60. The van der Waals surface area contributed by atoms with Gasteiger partial charge in [0, 0.05) is 18.1 Å². The molecule has 0 saturated carbocycles. The first-order valence-electron chi connectivity index (χ1n) is 4.96. The first-order chi connectivity index (χ1) is 5.57. The molecule has 0 radical (unpaired) electrons. The predicted molar refractivity (Wildman–Crippen MR) is 49.2 cm³/mol. The van der Waals surface area contributed by atoms with Crippen molar-refractivity contribution < 1.29 is 4.74 Å². The second-order valence-electron chi connectivity index (χ2n) is 5.01. The third kappa shape index (κ3) is 1.38. The third-order valence-corrected chi connectivity index (χ3v) is 3.05. The lowest BCUT2D eigenvalue weighted by Gasteiger charge is -2.51. The Morgan fingerprint density at radius 3 is 2.25 bits per heavy atom. The summed E-state index contributed by atoms with van der Waals surface area (Å²) in [7, 11) is 0. The fourth-order valence-corrected chi connectivity index (χ4v) is 2.37. The standard InChI is InChI=1S/C10H19NO/c1-10(2,3)11-6-9-5-4-8(11)7-12-9/h8-9H,4-7H2,1-3H3/t8-,9-/m0/s1. The van der Waals surface area contributed by atoms with Crippen molar-refractivity contribution in [3.8, 4) is 0 Å². The number of ether oxygens (including phenoxy) is 1. The molecule has 2 atom stereocenters. The number of hydrogen-bond acceptors (Lipinski definition) is 2. The second kappa shape index (κ2) is 2.71. The maximum absolute atomic E-state index is 5.66. The quantitative estimate of drug-likeness (QED) is 0.546. The van der Waals surface area contributed by atoms with Crippen molar-refractivity contribution in [1.29, 1.82) is 0 Å². The van der Waals surface area contributed by atoms with Crippen molar-refractivity contribution in [1.82, 2.24) is 4.90 Å². The molecule has 0 amide bonds. The van der Waals surface area contributed by atoms with Crippen molar-refractivity contribution >= 4 is 0 Å². The third-order valence-electron chi connectivity index (χ3n) is 3.05. The zero-order valence-electron chi connectivity index (χ0n) is 8.34. The number of rotatable bonds is 0. The highest BCUT2D eigenvalue weighted by atomic mass is 16.5. The van der Waals surface area contributed by atoms with Crippen molar-refractivity contribution in [2.75, 3.05) is 13.2 Å². The van der Waals surface area contributed by atoms with Crippen molar-refractivity contribution in [3.05, 3.63) is 0 Å². The summed E-state index contributed by atoms with van der Waals surface area (Å²) in [5.74, 6) is 0. The number of nitrogens with zero attached hydrogens (tertiary/aromatic N) is 1. The van der Waals surface area contributed by atoms with Crippen LogP contribution in [0.5, 0.6) is 0 Å². The van der Waals surface area contributed by atoms with Crippen LogP contribution in [0.2, 0.25) is 0 Å². The Bertz CT molecular complexity index is 165. The largest absolute Gasteiger partial charge is 0.375 e. The number of piperidine rings is 1. The highest BCUT2D eigenvalue weighted by Crippen LogP contribution is 2.31. The lowest BCUT2D eigenvalue weighted by atomic mass is 9.91. The van der Waals surface area contributed by atoms with Gasteiger partial charge in [-0.1, -0.05) is 0 Å². The minimum Gasteiger partial charge on any atom is -0.375 e. The molecule has 3 rings (SSSR count). The van der Waals surface area contributed by atoms with Gasteiger partial charge in [0.1, 0.15) is 0 Å². The van der Waals surface area contributed by atoms with Crippen LogP contribution in [0.15, 0.2) is 0 Å². The van der Waals surface area contributed by atoms with Crippen molar-refractivity contribution in [3.63, 3.8) is 0 Å². The van der Waals surface area contributed by atoms with Gasteiger partial charge in [-0.3, -0.25) is 4.90 Å². The van der Waals surface area contributed by atoms with Crippen LogP contribution < -0.4 is 0 Å². The molecule has 3 aliphatic heterocycles. The maximum atomic E-state index is 5.66. The maximum Gasteiger partial charge on any atom is 0.0703 e. The molecule has 12 heavy (non-hydrogen) atoms. The first-order valence-corrected chi connectivity index (χ1v) is 4.96. The number of hydrogen-bond donors (Lipinski definition) is 0. The molecular formula is C10H19NO. The summed E-state index contributed by atoms with van der Waals surface area (Å²) in [6.07, 6.45) is 3.13. The molecule has 3 fully saturated rings. The van der Waals surface area contributed by atoms with Gasteiger partial charge in [-0.05, 0) is 33.6 Å². The monoisotopic (exact) mass is 169 g/mol. The molecular weight excluding hydrogens is 150 g/mol. The molecule has 2 bridgehead atoms. The van der Waals surface area contributed by atoms with E-state index in [9.17, 15) is 0 Å². The van der Waals surface area contributed by atoms with Crippen LogP contribution in [-0.2, 0) is 4.74 Å². The summed E-state index contributed by atoms with van der Waals surface area (Å²) in [5, 5.41) is 0. The Balaban J connectivity index is 2.09. The zero-order valence-corrected chi connectivity index (χ0v) is 8.34. The van der Waals surface area contributed by atoms with E-state index < -0.39 is 0 Å². The summed E-state index contributed by atoms with van der Waals surface area (Å²) < 4.78 is 5.66. The summed E-state index contributed by atoms with van der Waals surface area (Å²) in [5.41, 5.74) is 0.327. The van der Waals surface area contributed by atoms with Crippen LogP contribution >= 0.6 is 0 Å². The van der Waals surface area contributed by atoms with E-state index >= 15 is 0 Å². The molecule has 0 N–H and O–H groups in total. The van der Waals surface area contributed by atoms with Gasteiger partial charge in [0.25, 0.3) is 0 Å². The van der Waals surface area contributed by atoms with E-state index in [-0.39, 0.29) is 0 Å². The fraction of sp³-hybridized carbons (Fsp3) is 1.00. The van der Waals surface area contributed by atoms with Gasteiger partial charge in [0.15, 0.2) is 0 Å².